The molecule has 0 amide bonds. The molecule has 1 atom stereocenters. The quantitative estimate of drug-likeness (QED) is 0.620. The maximum Gasteiger partial charge on any atom is 0.151 e. The van der Waals surface area contributed by atoms with E-state index in [-0.39, 0.29) is 6.04 Å². The van der Waals surface area contributed by atoms with Gasteiger partial charge in [0.1, 0.15) is 0 Å². The first kappa shape index (κ1) is 11.4. The van der Waals surface area contributed by atoms with Gasteiger partial charge in [0.25, 0.3) is 0 Å². The molecule has 1 fully saturated rings. The summed E-state index contributed by atoms with van der Waals surface area (Å²) in [5.74, 6) is 0.346. The van der Waals surface area contributed by atoms with E-state index in [9.17, 15) is 4.79 Å². The second kappa shape index (κ2) is 5.27. The summed E-state index contributed by atoms with van der Waals surface area (Å²) in [5.41, 5.74) is 0. The molecule has 1 saturated heterocycles. The zero-order chi connectivity index (χ0) is 10.6. The van der Waals surface area contributed by atoms with Gasteiger partial charge in [0.05, 0.1) is 6.04 Å². The lowest BCUT2D eigenvalue weighted by molar-refractivity contribution is -0.125. The molecule has 0 N–H and O–H groups in total. The van der Waals surface area contributed by atoms with Gasteiger partial charge in [-0.15, -0.1) is 6.58 Å². The van der Waals surface area contributed by atoms with Crippen molar-refractivity contribution in [2.75, 3.05) is 33.7 Å². The summed E-state index contributed by atoms with van der Waals surface area (Å²) in [6, 6.07) is 0.0914. The van der Waals surface area contributed by atoms with E-state index in [0.717, 1.165) is 26.1 Å². The van der Waals surface area contributed by atoms with E-state index in [1.54, 1.807) is 0 Å². The molecule has 0 aliphatic carbocycles. The van der Waals surface area contributed by atoms with Crippen molar-refractivity contribution in [2.24, 2.45) is 0 Å². The number of hydrogen-bond acceptors (Lipinski definition) is 3. The molecule has 0 aromatic carbocycles. The van der Waals surface area contributed by atoms with Crippen LogP contribution in [0.15, 0.2) is 12.7 Å². The van der Waals surface area contributed by atoms with E-state index in [0.29, 0.717) is 12.2 Å². The molecule has 1 heterocycles. The maximum absolute atomic E-state index is 11.8. The van der Waals surface area contributed by atoms with Gasteiger partial charge in [-0.25, -0.2) is 0 Å². The van der Waals surface area contributed by atoms with Gasteiger partial charge >= 0.3 is 0 Å². The van der Waals surface area contributed by atoms with Crippen LogP contribution in [0.3, 0.4) is 0 Å². The maximum atomic E-state index is 11.8. The number of likely N-dealkylation sites (N-methyl/N-ethyl adjacent to an activating group) is 2. The number of Topliss-reactive ketones (excluding diaryl/α,β-unsaturated/α-hetero) is 1. The first-order chi connectivity index (χ1) is 6.65. The average Bonchev–Trinajstić information content (AvgIpc) is 2.18. The summed E-state index contributed by atoms with van der Waals surface area (Å²) in [4.78, 5) is 16.2. The average molecular weight is 196 g/mol. The topological polar surface area (TPSA) is 23.6 Å². The number of carbonyl (C=O) groups excluding carboxylic acids is 1. The minimum atomic E-state index is 0.0914. The molecular weight excluding hydrogens is 176 g/mol. The number of allylic oxidation sites excluding steroid dienone is 1. The van der Waals surface area contributed by atoms with Crippen molar-refractivity contribution in [1.82, 2.24) is 9.80 Å². The highest BCUT2D eigenvalue weighted by molar-refractivity contribution is 5.84. The molecule has 0 saturated carbocycles. The molecule has 0 bridgehead atoms. The summed E-state index contributed by atoms with van der Waals surface area (Å²) in [6.45, 7) is 6.55. The molecule has 0 radical (unpaired) electrons. The summed E-state index contributed by atoms with van der Waals surface area (Å²) in [5, 5.41) is 0. The smallest absolute Gasteiger partial charge is 0.151 e. The number of piperazine rings is 1. The summed E-state index contributed by atoms with van der Waals surface area (Å²) in [7, 11) is 4.10. The minimum Gasteiger partial charge on any atom is -0.303 e. The van der Waals surface area contributed by atoms with Crippen LogP contribution in [0.25, 0.3) is 0 Å². The molecule has 0 aromatic heterocycles. The molecule has 1 aliphatic heterocycles. The number of rotatable bonds is 4. The first-order valence-corrected chi connectivity index (χ1v) is 5.17. The standard InChI is InChI=1S/C11H20N2O/c1-4-5-6-11(14)10-9-12(2)7-8-13(10)3/h4,10H,1,5-9H2,2-3H3. The Morgan fingerprint density at radius 2 is 2.21 bits per heavy atom. The highest BCUT2D eigenvalue weighted by Gasteiger charge is 2.27. The molecule has 0 spiro atoms. The lowest BCUT2D eigenvalue weighted by Gasteiger charge is -2.36. The lowest BCUT2D eigenvalue weighted by atomic mass is 10.0. The van der Waals surface area contributed by atoms with E-state index in [1.807, 2.05) is 13.1 Å². The fourth-order valence-corrected chi connectivity index (χ4v) is 1.77. The van der Waals surface area contributed by atoms with E-state index in [4.69, 9.17) is 0 Å². The monoisotopic (exact) mass is 196 g/mol. The van der Waals surface area contributed by atoms with Crippen molar-refractivity contribution in [3.05, 3.63) is 12.7 Å². The number of ketones is 1. The van der Waals surface area contributed by atoms with Crippen molar-refractivity contribution in [2.45, 2.75) is 18.9 Å². The van der Waals surface area contributed by atoms with Crippen LogP contribution >= 0.6 is 0 Å². The van der Waals surface area contributed by atoms with Gasteiger partial charge in [-0.05, 0) is 20.5 Å². The number of carbonyl (C=O) groups is 1. The fourth-order valence-electron chi connectivity index (χ4n) is 1.77. The fraction of sp³-hybridized carbons (Fsp3) is 0.727. The largest absolute Gasteiger partial charge is 0.303 e. The Balaban J connectivity index is 2.46. The van der Waals surface area contributed by atoms with Crippen molar-refractivity contribution >= 4 is 5.78 Å². The number of hydrogen-bond donors (Lipinski definition) is 0. The van der Waals surface area contributed by atoms with Crippen molar-refractivity contribution in [3.8, 4) is 0 Å². The van der Waals surface area contributed by atoms with Gasteiger partial charge < -0.3 is 4.90 Å². The van der Waals surface area contributed by atoms with E-state index in [1.165, 1.54) is 0 Å². The lowest BCUT2D eigenvalue weighted by Crippen LogP contribution is -2.53. The van der Waals surface area contributed by atoms with Crippen LogP contribution in [0.2, 0.25) is 0 Å². The molecule has 0 aromatic rings. The third-order valence-electron chi connectivity index (χ3n) is 2.82. The Morgan fingerprint density at radius 3 is 2.86 bits per heavy atom. The predicted octanol–water partition coefficient (Wildman–Crippen LogP) is 0.768. The van der Waals surface area contributed by atoms with Crippen LogP contribution in [-0.4, -0.2) is 55.4 Å². The summed E-state index contributed by atoms with van der Waals surface area (Å²) < 4.78 is 0. The third-order valence-corrected chi connectivity index (χ3v) is 2.82. The summed E-state index contributed by atoms with van der Waals surface area (Å²) >= 11 is 0. The van der Waals surface area contributed by atoms with Crippen LogP contribution in [0.5, 0.6) is 0 Å². The van der Waals surface area contributed by atoms with Gasteiger partial charge in [0.15, 0.2) is 5.78 Å². The Morgan fingerprint density at radius 1 is 1.50 bits per heavy atom. The molecular formula is C11H20N2O. The predicted molar refractivity (Wildman–Crippen MR) is 58.4 cm³/mol. The Labute approximate surface area is 86.4 Å². The van der Waals surface area contributed by atoms with Crippen LogP contribution in [0, 0.1) is 0 Å². The first-order valence-electron chi connectivity index (χ1n) is 5.17. The van der Waals surface area contributed by atoms with Gasteiger partial charge in [0, 0.05) is 26.1 Å². The van der Waals surface area contributed by atoms with Crippen LogP contribution in [-0.2, 0) is 4.79 Å². The zero-order valence-electron chi connectivity index (χ0n) is 9.20. The van der Waals surface area contributed by atoms with E-state index < -0.39 is 0 Å². The molecule has 3 heteroatoms. The highest BCUT2D eigenvalue weighted by atomic mass is 16.1. The molecule has 1 rings (SSSR count). The van der Waals surface area contributed by atoms with Gasteiger partial charge in [0.2, 0.25) is 0 Å². The van der Waals surface area contributed by atoms with Crippen molar-refractivity contribution in [1.29, 1.82) is 0 Å². The molecule has 3 nitrogen and oxygen atoms in total. The number of nitrogens with zero attached hydrogens (tertiary/aromatic N) is 2. The Kier molecular flexibility index (Phi) is 4.29. The molecule has 14 heavy (non-hydrogen) atoms. The SMILES string of the molecule is C=CCCC(=O)C1CN(C)CCN1C. The molecule has 1 unspecified atom stereocenters. The van der Waals surface area contributed by atoms with Gasteiger partial charge in [-0.1, -0.05) is 6.08 Å². The normalized spacial score (nSPS) is 24.9. The van der Waals surface area contributed by atoms with Gasteiger partial charge in [-0.3, -0.25) is 9.69 Å². The van der Waals surface area contributed by atoms with Crippen LogP contribution in [0.4, 0.5) is 0 Å². The highest BCUT2D eigenvalue weighted by Crippen LogP contribution is 2.09. The molecule has 1 aliphatic rings. The summed E-state index contributed by atoms with van der Waals surface area (Å²) in [6.07, 6.45) is 3.24. The van der Waals surface area contributed by atoms with Crippen LogP contribution in [0.1, 0.15) is 12.8 Å². The Bertz CT molecular complexity index is 215. The minimum absolute atomic E-state index is 0.0914. The second-order valence-corrected chi connectivity index (χ2v) is 4.05. The molecule has 80 valence electrons. The zero-order valence-corrected chi connectivity index (χ0v) is 9.20. The van der Waals surface area contributed by atoms with Crippen LogP contribution < -0.4 is 0 Å². The third kappa shape index (κ3) is 2.93. The van der Waals surface area contributed by atoms with E-state index >= 15 is 0 Å². The van der Waals surface area contributed by atoms with Crippen molar-refractivity contribution < 1.29 is 4.79 Å². The van der Waals surface area contributed by atoms with Gasteiger partial charge in [-0.2, -0.15) is 0 Å². The van der Waals surface area contributed by atoms with E-state index in [2.05, 4.69) is 23.4 Å². The second-order valence-electron chi connectivity index (χ2n) is 4.05. The Hall–Kier alpha value is -0.670. The van der Waals surface area contributed by atoms with Crippen molar-refractivity contribution in [3.63, 3.8) is 0 Å².